The molecule has 2 atom stereocenters. The summed E-state index contributed by atoms with van der Waals surface area (Å²) in [6.45, 7) is 2.82. The predicted molar refractivity (Wildman–Crippen MR) is 59.2 cm³/mol. The molecular weight excluding hydrogens is 186 g/mol. The number of rotatable bonds is 1. The van der Waals surface area contributed by atoms with Crippen molar-refractivity contribution in [1.29, 1.82) is 0 Å². The third-order valence-corrected chi connectivity index (χ3v) is 3.83. The molecule has 1 aromatic carbocycles. The highest BCUT2D eigenvalue weighted by molar-refractivity contribution is 6.19. The molecule has 1 saturated carbocycles. The van der Waals surface area contributed by atoms with Gasteiger partial charge in [0.05, 0.1) is 5.41 Å². The van der Waals surface area contributed by atoms with Crippen LogP contribution in [0.4, 0.5) is 0 Å². The van der Waals surface area contributed by atoms with E-state index >= 15 is 0 Å². The lowest BCUT2D eigenvalue weighted by molar-refractivity contribution is -0.132. The van der Waals surface area contributed by atoms with Gasteiger partial charge in [-0.15, -0.1) is 0 Å². The fourth-order valence-electron chi connectivity index (χ4n) is 3.01. The highest BCUT2D eigenvalue weighted by Crippen LogP contribution is 2.50. The Morgan fingerprint density at radius 1 is 1.33 bits per heavy atom. The van der Waals surface area contributed by atoms with Gasteiger partial charge in [0.15, 0.2) is 0 Å². The fraction of sp³-hybridized carbons (Fsp3) is 0.385. The lowest BCUT2D eigenvalue weighted by Crippen LogP contribution is -2.56. The van der Waals surface area contributed by atoms with Crippen molar-refractivity contribution in [2.45, 2.75) is 18.8 Å². The minimum Gasteiger partial charge on any atom is -0.298 e. The van der Waals surface area contributed by atoms with Gasteiger partial charge in [0.2, 0.25) is 0 Å². The van der Waals surface area contributed by atoms with Gasteiger partial charge in [0.1, 0.15) is 5.78 Å². The van der Waals surface area contributed by atoms with Crippen molar-refractivity contribution in [2.75, 3.05) is 6.54 Å². The summed E-state index contributed by atoms with van der Waals surface area (Å²) in [5.74, 6) is 0.768. The normalized spacial score (nSPS) is 33.3. The zero-order chi connectivity index (χ0) is 10.5. The standard InChI is InChI=1S/C13H13NO/c1-9-13(10-5-3-2-4-6-10)11(8-14-9)7-12(13)15/h2-6,11H,7-8H2,1H3/t11-,13-/m0/s1. The number of hydrogen-bond donors (Lipinski definition) is 0. The van der Waals surface area contributed by atoms with Crippen LogP contribution in [0.1, 0.15) is 18.9 Å². The zero-order valence-corrected chi connectivity index (χ0v) is 8.73. The first kappa shape index (κ1) is 8.84. The van der Waals surface area contributed by atoms with Gasteiger partial charge in [-0.2, -0.15) is 0 Å². The van der Waals surface area contributed by atoms with E-state index in [4.69, 9.17) is 0 Å². The van der Waals surface area contributed by atoms with E-state index in [9.17, 15) is 4.79 Å². The molecule has 3 rings (SSSR count). The number of carbonyl (C=O) groups excluding carboxylic acids is 1. The number of aliphatic imine (C=N–C) groups is 1. The van der Waals surface area contributed by atoms with Crippen molar-refractivity contribution < 1.29 is 4.79 Å². The molecule has 0 unspecified atom stereocenters. The lowest BCUT2D eigenvalue weighted by Gasteiger charge is -2.43. The Bertz CT molecular complexity index is 449. The minimum atomic E-state index is -0.346. The topological polar surface area (TPSA) is 29.4 Å². The van der Waals surface area contributed by atoms with E-state index in [2.05, 4.69) is 17.1 Å². The first-order chi connectivity index (χ1) is 7.26. The van der Waals surface area contributed by atoms with Gasteiger partial charge in [0, 0.05) is 24.6 Å². The average molecular weight is 199 g/mol. The third kappa shape index (κ3) is 0.895. The van der Waals surface area contributed by atoms with E-state index in [0.717, 1.165) is 17.8 Å². The zero-order valence-electron chi connectivity index (χ0n) is 8.73. The summed E-state index contributed by atoms with van der Waals surface area (Å²) < 4.78 is 0. The highest BCUT2D eigenvalue weighted by atomic mass is 16.1. The molecule has 0 bridgehead atoms. The summed E-state index contributed by atoms with van der Waals surface area (Å²) in [4.78, 5) is 16.4. The molecule has 0 amide bonds. The number of nitrogens with zero attached hydrogens (tertiary/aromatic N) is 1. The number of benzene rings is 1. The number of carbonyl (C=O) groups is 1. The molecule has 2 aliphatic rings. The minimum absolute atomic E-state index is 0.345. The molecule has 2 nitrogen and oxygen atoms in total. The van der Waals surface area contributed by atoms with E-state index in [1.165, 1.54) is 0 Å². The maximum atomic E-state index is 12.0. The largest absolute Gasteiger partial charge is 0.298 e. The van der Waals surface area contributed by atoms with Gasteiger partial charge in [0.25, 0.3) is 0 Å². The molecule has 1 heterocycles. The van der Waals surface area contributed by atoms with Crippen LogP contribution in [0.15, 0.2) is 35.3 Å². The molecule has 1 aliphatic carbocycles. The van der Waals surface area contributed by atoms with Crippen LogP contribution in [-0.4, -0.2) is 18.0 Å². The first-order valence-corrected chi connectivity index (χ1v) is 5.36. The second kappa shape index (κ2) is 2.78. The quantitative estimate of drug-likeness (QED) is 0.680. The Labute approximate surface area is 89.0 Å². The van der Waals surface area contributed by atoms with Crippen molar-refractivity contribution in [2.24, 2.45) is 10.9 Å². The molecular formula is C13H13NO. The molecule has 0 spiro atoms. The first-order valence-electron chi connectivity index (χ1n) is 5.36. The average Bonchev–Trinajstić information content (AvgIpc) is 2.51. The van der Waals surface area contributed by atoms with Crippen LogP contribution in [-0.2, 0) is 10.2 Å². The Balaban J connectivity index is 2.17. The van der Waals surface area contributed by atoms with Crippen molar-refractivity contribution in [3.63, 3.8) is 0 Å². The molecule has 1 aliphatic heterocycles. The van der Waals surface area contributed by atoms with Gasteiger partial charge in [-0.1, -0.05) is 30.3 Å². The molecule has 15 heavy (non-hydrogen) atoms. The van der Waals surface area contributed by atoms with E-state index < -0.39 is 0 Å². The summed E-state index contributed by atoms with van der Waals surface area (Å²) in [5.41, 5.74) is 1.79. The van der Waals surface area contributed by atoms with E-state index in [1.54, 1.807) is 0 Å². The van der Waals surface area contributed by atoms with Crippen LogP contribution in [0.5, 0.6) is 0 Å². The van der Waals surface area contributed by atoms with Crippen molar-refractivity contribution in [3.05, 3.63) is 35.9 Å². The maximum absolute atomic E-state index is 12.0. The van der Waals surface area contributed by atoms with Gasteiger partial charge in [-0.3, -0.25) is 9.79 Å². The van der Waals surface area contributed by atoms with Gasteiger partial charge < -0.3 is 0 Å². The molecule has 1 aromatic rings. The molecule has 0 saturated heterocycles. The second-order valence-corrected chi connectivity index (χ2v) is 4.42. The van der Waals surface area contributed by atoms with Gasteiger partial charge >= 0.3 is 0 Å². The lowest BCUT2D eigenvalue weighted by atomic mass is 9.55. The van der Waals surface area contributed by atoms with Crippen molar-refractivity contribution in [1.82, 2.24) is 0 Å². The van der Waals surface area contributed by atoms with Crippen molar-refractivity contribution >= 4 is 11.5 Å². The molecule has 76 valence electrons. The summed E-state index contributed by atoms with van der Waals surface area (Å²) in [6, 6.07) is 10.1. The third-order valence-electron chi connectivity index (χ3n) is 3.83. The summed E-state index contributed by atoms with van der Waals surface area (Å²) in [5, 5.41) is 0. The maximum Gasteiger partial charge on any atom is 0.149 e. The van der Waals surface area contributed by atoms with Crippen LogP contribution in [0, 0.1) is 5.92 Å². The Hall–Kier alpha value is -1.44. The van der Waals surface area contributed by atoms with Crippen molar-refractivity contribution in [3.8, 4) is 0 Å². The van der Waals surface area contributed by atoms with Crippen LogP contribution in [0.2, 0.25) is 0 Å². The molecule has 0 aromatic heterocycles. The number of Topliss-reactive ketones (excluding diaryl/α,β-unsaturated/α-hetero) is 1. The summed E-state index contributed by atoms with van der Waals surface area (Å²) >= 11 is 0. The van der Waals surface area contributed by atoms with E-state index in [1.807, 2.05) is 25.1 Å². The Morgan fingerprint density at radius 3 is 2.67 bits per heavy atom. The fourth-order valence-corrected chi connectivity index (χ4v) is 3.01. The van der Waals surface area contributed by atoms with E-state index in [-0.39, 0.29) is 5.41 Å². The highest BCUT2D eigenvalue weighted by Gasteiger charge is 2.59. The Kier molecular flexibility index (Phi) is 1.64. The number of hydrogen-bond acceptors (Lipinski definition) is 2. The van der Waals surface area contributed by atoms with Crippen LogP contribution in [0.3, 0.4) is 0 Å². The van der Waals surface area contributed by atoms with Crippen LogP contribution < -0.4 is 0 Å². The van der Waals surface area contributed by atoms with Gasteiger partial charge in [-0.25, -0.2) is 0 Å². The molecule has 1 fully saturated rings. The second-order valence-electron chi connectivity index (χ2n) is 4.42. The summed E-state index contributed by atoms with van der Waals surface area (Å²) in [6.07, 6.45) is 0.704. The van der Waals surface area contributed by atoms with Crippen LogP contribution >= 0.6 is 0 Å². The van der Waals surface area contributed by atoms with Gasteiger partial charge in [-0.05, 0) is 12.5 Å². The molecule has 2 heteroatoms. The number of ketones is 1. The SMILES string of the molecule is CC1=NC[C@@H]2CC(=O)[C@]12c1ccccc1. The van der Waals surface area contributed by atoms with E-state index in [0.29, 0.717) is 18.1 Å². The smallest absolute Gasteiger partial charge is 0.149 e. The van der Waals surface area contributed by atoms with Crippen LogP contribution in [0.25, 0.3) is 0 Å². The Morgan fingerprint density at radius 2 is 2.07 bits per heavy atom. The summed E-state index contributed by atoms with van der Waals surface area (Å²) in [7, 11) is 0. The number of fused-ring (bicyclic) bond motifs is 1. The molecule has 0 radical (unpaired) electrons. The molecule has 0 N–H and O–H groups in total. The predicted octanol–water partition coefficient (Wildman–Crippen LogP) is 1.99. The monoisotopic (exact) mass is 199 g/mol.